The fourth-order valence-corrected chi connectivity index (χ4v) is 4.83. The van der Waals surface area contributed by atoms with Crippen molar-refractivity contribution in [2.24, 2.45) is 0 Å². The van der Waals surface area contributed by atoms with Crippen LogP contribution in [0.1, 0.15) is 23.1 Å². The zero-order chi connectivity index (χ0) is 24.4. The Bertz CT molecular complexity index is 1370. The fourth-order valence-electron chi connectivity index (χ4n) is 4.08. The Balaban J connectivity index is 1.41. The number of rotatable bonds is 6. The van der Waals surface area contributed by atoms with E-state index < -0.39 is 11.7 Å². The molecule has 178 valence electrons. The molecule has 1 aliphatic carbocycles. The number of carbonyl (C=O) groups is 1. The Morgan fingerprint density at radius 2 is 1.89 bits per heavy atom. The van der Waals surface area contributed by atoms with E-state index in [9.17, 15) is 18.0 Å². The van der Waals surface area contributed by atoms with Crippen LogP contribution in [0.15, 0.2) is 72.1 Å². The third-order valence-corrected chi connectivity index (χ3v) is 6.63. The summed E-state index contributed by atoms with van der Waals surface area (Å²) in [5.41, 5.74) is 3.34. The molecule has 0 spiro atoms. The van der Waals surface area contributed by atoms with E-state index in [1.165, 1.54) is 21.8 Å². The highest BCUT2D eigenvalue weighted by Crippen LogP contribution is 2.33. The molecule has 1 amide bonds. The molecule has 4 aromatic rings. The molecule has 6 nitrogen and oxygen atoms in total. The zero-order valence-corrected chi connectivity index (χ0v) is 19.2. The van der Waals surface area contributed by atoms with Crippen molar-refractivity contribution in [3.63, 3.8) is 0 Å². The predicted octanol–water partition coefficient (Wildman–Crippen LogP) is 5.57. The van der Waals surface area contributed by atoms with Crippen LogP contribution in [0.5, 0.6) is 0 Å². The van der Waals surface area contributed by atoms with Crippen molar-refractivity contribution in [1.82, 2.24) is 19.7 Å². The van der Waals surface area contributed by atoms with Crippen molar-refractivity contribution in [3.8, 4) is 17.1 Å². The van der Waals surface area contributed by atoms with E-state index in [0.29, 0.717) is 16.5 Å². The number of benzene rings is 2. The van der Waals surface area contributed by atoms with Crippen LogP contribution in [-0.4, -0.2) is 31.4 Å². The smallest absolute Gasteiger partial charge is 0.325 e. The van der Waals surface area contributed by atoms with E-state index in [1.807, 2.05) is 18.2 Å². The van der Waals surface area contributed by atoms with E-state index in [4.69, 9.17) is 0 Å². The first-order valence-electron chi connectivity index (χ1n) is 11.0. The quantitative estimate of drug-likeness (QED) is 0.354. The summed E-state index contributed by atoms with van der Waals surface area (Å²) < 4.78 is 41.6. The highest BCUT2D eigenvalue weighted by molar-refractivity contribution is 7.99. The van der Waals surface area contributed by atoms with Crippen LogP contribution in [-0.2, 0) is 23.8 Å². The number of amides is 1. The van der Waals surface area contributed by atoms with E-state index >= 15 is 0 Å². The number of aromatic nitrogens is 4. The Kier molecular flexibility index (Phi) is 6.29. The molecule has 1 aliphatic rings. The van der Waals surface area contributed by atoms with Crippen molar-refractivity contribution in [2.45, 2.75) is 30.6 Å². The average molecular weight is 496 g/mol. The average Bonchev–Trinajstić information content (AvgIpc) is 3.49. The maximum absolute atomic E-state index is 13.4. The number of anilines is 1. The molecule has 1 N–H and O–H groups in total. The van der Waals surface area contributed by atoms with E-state index in [-0.39, 0.29) is 17.3 Å². The highest BCUT2D eigenvalue weighted by atomic mass is 32.2. The molecule has 0 fully saturated rings. The second-order valence-electron chi connectivity index (χ2n) is 8.11. The van der Waals surface area contributed by atoms with Crippen molar-refractivity contribution >= 4 is 23.4 Å². The van der Waals surface area contributed by atoms with Crippen molar-refractivity contribution < 1.29 is 18.0 Å². The molecular formula is C25H20F3N5OS. The van der Waals surface area contributed by atoms with Gasteiger partial charge in [-0.2, -0.15) is 13.2 Å². The van der Waals surface area contributed by atoms with Gasteiger partial charge >= 0.3 is 6.18 Å². The first-order valence-corrected chi connectivity index (χ1v) is 11.9. The van der Waals surface area contributed by atoms with Crippen molar-refractivity contribution in [1.29, 1.82) is 0 Å². The first-order chi connectivity index (χ1) is 16.9. The normalized spacial score (nSPS) is 13.0. The molecule has 0 saturated heterocycles. The second kappa shape index (κ2) is 9.53. The number of halogens is 3. The van der Waals surface area contributed by atoms with Crippen molar-refractivity contribution in [3.05, 3.63) is 83.7 Å². The molecule has 0 aliphatic heterocycles. The van der Waals surface area contributed by atoms with Gasteiger partial charge in [-0.15, -0.1) is 10.2 Å². The van der Waals surface area contributed by atoms with Gasteiger partial charge in [0, 0.05) is 23.6 Å². The minimum atomic E-state index is -4.50. The molecule has 2 aromatic heterocycles. The second-order valence-corrected chi connectivity index (χ2v) is 9.05. The topological polar surface area (TPSA) is 72.7 Å². The van der Waals surface area contributed by atoms with Crippen LogP contribution in [0.2, 0.25) is 0 Å². The summed E-state index contributed by atoms with van der Waals surface area (Å²) in [7, 11) is 0. The maximum Gasteiger partial charge on any atom is 0.416 e. The predicted molar refractivity (Wildman–Crippen MR) is 127 cm³/mol. The lowest BCUT2D eigenvalue weighted by Gasteiger charge is -2.13. The van der Waals surface area contributed by atoms with Gasteiger partial charge < -0.3 is 5.32 Å². The van der Waals surface area contributed by atoms with Gasteiger partial charge in [0.25, 0.3) is 0 Å². The molecule has 2 aromatic carbocycles. The summed E-state index contributed by atoms with van der Waals surface area (Å²) >= 11 is 1.10. The van der Waals surface area contributed by atoms with Gasteiger partial charge in [-0.25, -0.2) is 0 Å². The summed E-state index contributed by atoms with van der Waals surface area (Å²) in [4.78, 5) is 16.7. The number of hydrogen-bond donors (Lipinski definition) is 1. The third-order valence-electron chi connectivity index (χ3n) is 5.70. The lowest BCUT2D eigenvalue weighted by atomic mass is 10.1. The Morgan fingerprint density at radius 3 is 2.69 bits per heavy atom. The number of carbonyl (C=O) groups excluding carboxylic acids is 1. The van der Waals surface area contributed by atoms with Gasteiger partial charge in [0.2, 0.25) is 5.91 Å². The molecule has 0 radical (unpaired) electrons. The van der Waals surface area contributed by atoms with Gasteiger partial charge in [-0.3, -0.25) is 14.3 Å². The summed E-state index contributed by atoms with van der Waals surface area (Å²) in [5.74, 6) is 0.106. The summed E-state index contributed by atoms with van der Waals surface area (Å²) in [6, 6.07) is 14.3. The third kappa shape index (κ3) is 5.07. The molecule has 10 heteroatoms. The summed E-state index contributed by atoms with van der Waals surface area (Å²) in [6.07, 6.45) is 1.83. The number of nitrogens with one attached hydrogen (secondary N) is 1. The SMILES string of the molecule is O=C(CSc1nnc(-c2cccnc2)n1-c1cccc(C(F)(F)F)c1)Nc1ccc2c(c1)CCC2. The molecule has 0 atom stereocenters. The number of aryl methyl sites for hydroxylation is 2. The van der Waals surface area contributed by atoms with Crippen LogP contribution in [0.4, 0.5) is 18.9 Å². The number of nitrogens with zero attached hydrogens (tertiary/aromatic N) is 4. The molecule has 0 unspecified atom stereocenters. The number of thioether (sulfide) groups is 1. The monoisotopic (exact) mass is 495 g/mol. The molecule has 2 heterocycles. The number of fused-ring (bicyclic) bond motifs is 1. The van der Waals surface area contributed by atoms with Gasteiger partial charge in [0.05, 0.1) is 17.0 Å². The Labute approximate surface area is 203 Å². The molecule has 0 bridgehead atoms. The number of pyridine rings is 1. The molecule has 0 saturated carbocycles. The van der Waals surface area contributed by atoms with E-state index in [1.54, 1.807) is 30.6 Å². The van der Waals surface area contributed by atoms with E-state index in [2.05, 4.69) is 20.5 Å². The maximum atomic E-state index is 13.4. The van der Waals surface area contributed by atoms with E-state index in [0.717, 1.165) is 48.8 Å². The zero-order valence-electron chi connectivity index (χ0n) is 18.4. The van der Waals surface area contributed by atoms with Crippen LogP contribution >= 0.6 is 11.8 Å². The molecular weight excluding hydrogens is 475 g/mol. The van der Waals surface area contributed by atoms with Gasteiger partial charge in [0.1, 0.15) is 0 Å². The van der Waals surface area contributed by atoms with Crippen LogP contribution in [0.3, 0.4) is 0 Å². The largest absolute Gasteiger partial charge is 0.416 e. The number of hydrogen-bond acceptors (Lipinski definition) is 5. The molecule has 35 heavy (non-hydrogen) atoms. The van der Waals surface area contributed by atoms with Crippen LogP contribution in [0, 0.1) is 0 Å². The van der Waals surface area contributed by atoms with Gasteiger partial charge in [0.15, 0.2) is 11.0 Å². The number of alkyl halides is 3. The highest BCUT2D eigenvalue weighted by Gasteiger charge is 2.31. The summed E-state index contributed by atoms with van der Waals surface area (Å²) in [5, 5.41) is 11.6. The lowest BCUT2D eigenvalue weighted by Crippen LogP contribution is -2.15. The fraction of sp³-hybridized carbons (Fsp3) is 0.200. The molecule has 5 rings (SSSR count). The summed E-state index contributed by atoms with van der Waals surface area (Å²) in [6.45, 7) is 0. The van der Waals surface area contributed by atoms with Gasteiger partial charge in [-0.05, 0) is 72.9 Å². The van der Waals surface area contributed by atoms with Crippen molar-refractivity contribution in [2.75, 3.05) is 11.1 Å². The minimum absolute atomic E-state index is 0.0151. The van der Waals surface area contributed by atoms with Crippen LogP contribution in [0.25, 0.3) is 17.1 Å². The first kappa shape index (κ1) is 23.1. The van der Waals surface area contributed by atoms with Crippen LogP contribution < -0.4 is 5.32 Å². The van der Waals surface area contributed by atoms with Gasteiger partial charge in [-0.1, -0.05) is 23.9 Å². The standard InChI is InChI=1S/C25H20F3N5OS/c26-25(27,28)19-7-2-8-21(13-19)33-23(18-6-3-11-29-14-18)31-32-24(33)35-15-22(34)30-20-10-9-16-4-1-5-17(16)12-20/h2-3,6-14H,1,4-5,15H2,(H,30,34). The Hall–Kier alpha value is -3.66. The minimum Gasteiger partial charge on any atom is -0.325 e. The Morgan fingerprint density at radius 1 is 1.03 bits per heavy atom. The lowest BCUT2D eigenvalue weighted by molar-refractivity contribution is -0.137.